The van der Waals surface area contributed by atoms with Crippen LogP contribution in [-0.2, 0) is 0 Å². The number of halogens is 1. The van der Waals surface area contributed by atoms with E-state index in [0.29, 0.717) is 16.1 Å². The molecular formula is C6H6ClN2OS. The maximum atomic E-state index is 5.64. The van der Waals surface area contributed by atoms with Crippen molar-refractivity contribution in [3.8, 4) is 5.88 Å². The number of ether oxygens (including phenoxy) is 1. The predicted octanol–water partition coefficient (Wildman–Crippen LogP) is 1.66. The number of thioether (sulfide) groups is 1. The number of hydrogen-bond donors (Lipinski definition) is 0. The SMILES string of the molecule is COc1nc(SC)n[c]c1Cl. The van der Waals surface area contributed by atoms with Gasteiger partial charge < -0.3 is 4.74 Å². The van der Waals surface area contributed by atoms with Gasteiger partial charge in [0.1, 0.15) is 11.2 Å². The second-order valence-electron chi connectivity index (χ2n) is 1.65. The van der Waals surface area contributed by atoms with Crippen LogP contribution >= 0.6 is 23.4 Å². The van der Waals surface area contributed by atoms with Gasteiger partial charge in [0, 0.05) is 0 Å². The number of methoxy groups -OCH3 is 1. The fraction of sp³-hybridized carbons (Fsp3) is 0.333. The van der Waals surface area contributed by atoms with Crippen molar-refractivity contribution in [2.45, 2.75) is 5.16 Å². The second kappa shape index (κ2) is 3.78. The Morgan fingerprint density at radius 2 is 2.36 bits per heavy atom. The van der Waals surface area contributed by atoms with E-state index in [-0.39, 0.29) is 0 Å². The standard InChI is InChI=1S/C6H6ClN2OS/c1-10-5-4(7)3-8-6(9-5)11-2/h1-2H3. The van der Waals surface area contributed by atoms with Gasteiger partial charge in [-0.25, -0.2) is 4.98 Å². The maximum Gasteiger partial charge on any atom is 0.237 e. The molecule has 0 bridgehead atoms. The Labute approximate surface area is 74.1 Å². The van der Waals surface area contributed by atoms with Crippen LogP contribution < -0.4 is 4.74 Å². The van der Waals surface area contributed by atoms with Gasteiger partial charge in [0.2, 0.25) is 5.88 Å². The molecule has 0 spiro atoms. The summed E-state index contributed by atoms with van der Waals surface area (Å²) in [4.78, 5) is 7.80. The molecule has 0 fully saturated rings. The lowest BCUT2D eigenvalue weighted by molar-refractivity contribution is 0.392. The number of aromatic nitrogens is 2. The van der Waals surface area contributed by atoms with Crippen LogP contribution in [0.4, 0.5) is 0 Å². The Morgan fingerprint density at radius 1 is 1.64 bits per heavy atom. The van der Waals surface area contributed by atoms with Crippen molar-refractivity contribution in [1.82, 2.24) is 9.97 Å². The minimum Gasteiger partial charge on any atom is -0.480 e. The van der Waals surface area contributed by atoms with Crippen LogP contribution in [0.25, 0.3) is 0 Å². The topological polar surface area (TPSA) is 35.0 Å². The Bertz CT molecular complexity index is 256. The Morgan fingerprint density at radius 3 is 2.91 bits per heavy atom. The third kappa shape index (κ3) is 1.97. The van der Waals surface area contributed by atoms with E-state index in [1.165, 1.54) is 18.9 Å². The summed E-state index contributed by atoms with van der Waals surface area (Å²) >= 11 is 7.05. The van der Waals surface area contributed by atoms with Gasteiger partial charge >= 0.3 is 0 Å². The molecule has 11 heavy (non-hydrogen) atoms. The molecule has 1 aromatic heterocycles. The van der Waals surface area contributed by atoms with Crippen LogP contribution in [-0.4, -0.2) is 23.3 Å². The Kier molecular flexibility index (Phi) is 2.96. The zero-order valence-electron chi connectivity index (χ0n) is 6.09. The zero-order valence-corrected chi connectivity index (χ0v) is 7.66. The van der Waals surface area contributed by atoms with E-state index in [1.54, 1.807) is 0 Å². The van der Waals surface area contributed by atoms with Crippen molar-refractivity contribution in [2.75, 3.05) is 13.4 Å². The number of rotatable bonds is 2. The average Bonchev–Trinajstić information content (AvgIpc) is 2.05. The third-order valence-electron chi connectivity index (χ3n) is 1.01. The molecule has 0 N–H and O–H groups in total. The highest BCUT2D eigenvalue weighted by atomic mass is 35.5. The van der Waals surface area contributed by atoms with Crippen molar-refractivity contribution in [1.29, 1.82) is 0 Å². The van der Waals surface area contributed by atoms with Gasteiger partial charge in [-0.05, 0) is 6.26 Å². The highest BCUT2D eigenvalue weighted by Crippen LogP contribution is 2.21. The van der Waals surface area contributed by atoms with E-state index >= 15 is 0 Å². The van der Waals surface area contributed by atoms with Crippen molar-refractivity contribution in [2.24, 2.45) is 0 Å². The molecule has 0 aliphatic rings. The molecule has 0 unspecified atom stereocenters. The van der Waals surface area contributed by atoms with Crippen molar-refractivity contribution in [3.63, 3.8) is 0 Å². The molecule has 0 aromatic carbocycles. The molecule has 59 valence electrons. The fourth-order valence-electron chi connectivity index (χ4n) is 0.532. The second-order valence-corrected chi connectivity index (χ2v) is 2.80. The quantitative estimate of drug-likeness (QED) is 0.524. The van der Waals surface area contributed by atoms with Gasteiger partial charge in [-0.3, -0.25) is 0 Å². The first-order valence-corrected chi connectivity index (χ1v) is 4.41. The van der Waals surface area contributed by atoms with Gasteiger partial charge in [0.15, 0.2) is 5.16 Å². The van der Waals surface area contributed by atoms with Crippen molar-refractivity contribution in [3.05, 3.63) is 11.2 Å². The molecule has 5 heteroatoms. The van der Waals surface area contributed by atoms with Crippen LogP contribution in [0.2, 0.25) is 5.02 Å². The normalized spacial score (nSPS) is 9.73. The lowest BCUT2D eigenvalue weighted by atomic mass is 10.6. The van der Waals surface area contributed by atoms with Gasteiger partial charge in [-0.2, -0.15) is 4.98 Å². The lowest BCUT2D eigenvalue weighted by Gasteiger charge is -2.00. The summed E-state index contributed by atoms with van der Waals surface area (Å²) in [5.74, 6) is 0.367. The fourth-order valence-corrected chi connectivity index (χ4v) is 1.01. The van der Waals surface area contributed by atoms with Crippen LogP contribution in [0.1, 0.15) is 0 Å². The highest BCUT2D eigenvalue weighted by molar-refractivity contribution is 7.98. The summed E-state index contributed by atoms with van der Waals surface area (Å²) in [6.07, 6.45) is 4.45. The third-order valence-corrected chi connectivity index (χ3v) is 1.80. The average molecular weight is 190 g/mol. The molecular weight excluding hydrogens is 184 g/mol. The summed E-state index contributed by atoms with van der Waals surface area (Å²) in [7, 11) is 1.51. The van der Waals surface area contributed by atoms with E-state index in [4.69, 9.17) is 16.3 Å². The molecule has 0 aliphatic heterocycles. The Hall–Kier alpha value is -0.480. The monoisotopic (exact) mass is 189 g/mol. The molecule has 0 amide bonds. The summed E-state index contributed by atoms with van der Waals surface area (Å²) in [5.41, 5.74) is 0. The van der Waals surface area contributed by atoms with E-state index in [9.17, 15) is 0 Å². The molecule has 0 saturated heterocycles. The van der Waals surface area contributed by atoms with Crippen LogP contribution in [0, 0.1) is 6.20 Å². The van der Waals surface area contributed by atoms with Crippen LogP contribution in [0.15, 0.2) is 5.16 Å². The first kappa shape index (κ1) is 8.62. The van der Waals surface area contributed by atoms with Gasteiger partial charge in [-0.1, -0.05) is 23.4 Å². The molecule has 0 aliphatic carbocycles. The van der Waals surface area contributed by atoms with E-state index < -0.39 is 0 Å². The molecule has 1 radical (unpaired) electrons. The minimum atomic E-state index is 0.310. The van der Waals surface area contributed by atoms with Crippen molar-refractivity contribution < 1.29 is 4.74 Å². The van der Waals surface area contributed by atoms with E-state index in [2.05, 4.69) is 16.2 Å². The van der Waals surface area contributed by atoms with Crippen LogP contribution in [0.5, 0.6) is 5.88 Å². The largest absolute Gasteiger partial charge is 0.480 e. The molecule has 1 heterocycles. The highest BCUT2D eigenvalue weighted by Gasteiger charge is 2.03. The summed E-state index contributed by atoms with van der Waals surface area (Å²) < 4.78 is 4.86. The first-order chi connectivity index (χ1) is 5.27. The van der Waals surface area contributed by atoms with E-state index in [0.717, 1.165) is 0 Å². The molecule has 3 nitrogen and oxygen atoms in total. The lowest BCUT2D eigenvalue weighted by Crippen LogP contribution is -1.92. The number of hydrogen-bond acceptors (Lipinski definition) is 4. The van der Waals surface area contributed by atoms with E-state index in [1.807, 2.05) is 6.26 Å². The molecule has 0 saturated carbocycles. The van der Waals surface area contributed by atoms with Gasteiger partial charge in [0.25, 0.3) is 0 Å². The summed E-state index contributed by atoms with van der Waals surface area (Å²) in [6, 6.07) is 0. The first-order valence-electron chi connectivity index (χ1n) is 2.81. The maximum absolute atomic E-state index is 5.64. The molecule has 1 rings (SSSR count). The minimum absolute atomic E-state index is 0.310. The Balaban J connectivity index is 3.02. The predicted molar refractivity (Wildman–Crippen MR) is 44.2 cm³/mol. The van der Waals surface area contributed by atoms with Crippen molar-refractivity contribution >= 4 is 23.4 Å². The summed E-state index contributed by atoms with van der Waals surface area (Å²) in [5, 5.41) is 0.913. The molecule has 0 atom stereocenters. The number of nitrogens with zero attached hydrogens (tertiary/aromatic N) is 2. The van der Waals surface area contributed by atoms with Crippen LogP contribution in [0.3, 0.4) is 0 Å². The van der Waals surface area contributed by atoms with Gasteiger partial charge in [-0.15, -0.1) is 0 Å². The zero-order chi connectivity index (χ0) is 8.27. The van der Waals surface area contributed by atoms with Gasteiger partial charge in [0.05, 0.1) is 7.11 Å². The molecule has 1 aromatic rings. The smallest absolute Gasteiger partial charge is 0.237 e. The summed E-state index contributed by atoms with van der Waals surface area (Å²) in [6.45, 7) is 0.